The van der Waals surface area contributed by atoms with Crippen LogP contribution in [0.5, 0.6) is 0 Å². The molecule has 132 valence electrons. The Bertz CT molecular complexity index is 649. The number of piperazine rings is 1. The molecule has 0 amide bonds. The molecule has 1 aromatic carbocycles. The van der Waals surface area contributed by atoms with Crippen molar-refractivity contribution in [3.8, 4) is 0 Å². The molecule has 0 aliphatic carbocycles. The van der Waals surface area contributed by atoms with Gasteiger partial charge in [-0.25, -0.2) is 0 Å². The lowest BCUT2D eigenvalue weighted by molar-refractivity contribution is -0.384. The molecule has 1 fully saturated rings. The van der Waals surface area contributed by atoms with E-state index in [1.807, 2.05) is 0 Å². The van der Waals surface area contributed by atoms with Gasteiger partial charge in [-0.05, 0) is 26.0 Å². The molecule has 6 nitrogen and oxygen atoms in total. The van der Waals surface area contributed by atoms with Gasteiger partial charge in [-0.2, -0.15) is 13.2 Å². The number of anilines is 1. The summed E-state index contributed by atoms with van der Waals surface area (Å²) in [5.41, 5.74) is 0.344. The number of carbonyl (C=O) groups excluding carboxylic acids is 1. The number of halogens is 3. The first-order chi connectivity index (χ1) is 11.1. The van der Waals surface area contributed by atoms with Gasteiger partial charge in [0, 0.05) is 37.3 Å². The van der Waals surface area contributed by atoms with Crippen LogP contribution in [0.2, 0.25) is 0 Å². The first-order valence-corrected chi connectivity index (χ1v) is 7.43. The molecule has 1 aromatic rings. The predicted octanol–water partition coefficient (Wildman–Crippen LogP) is 2.87. The molecule has 2 rings (SSSR count). The molecular weight excluding hydrogens is 327 g/mol. The summed E-state index contributed by atoms with van der Waals surface area (Å²) in [7, 11) is 0. The quantitative estimate of drug-likeness (QED) is 0.477. The Balaban J connectivity index is 2.21. The molecule has 1 heterocycles. The van der Waals surface area contributed by atoms with Crippen molar-refractivity contribution < 1.29 is 22.9 Å². The van der Waals surface area contributed by atoms with Crippen molar-refractivity contribution in [2.45, 2.75) is 26.1 Å². The molecule has 1 aliphatic heterocycles. The van der Waals surface area contributed by atoms with Crippen molar-refractivity contribution in [3.05, 3.63) is 33.9 Å². The number of benzene rings is 1. The summed E-state index contributed by atoms with van der Waals surface area (Å²) < 4.78 is 37.6. The molecule has 1 saturated heterocycles. The van der Waals surface area contributed by atoms with Crippen LogP contribution in [0.3, 0.4) is 0 Å². The van der Waals surface area contributed by atoms with E-state index in [1.165, 1.54) is 30.0 Å². The van der Waals surface area contributed by atoms with Gasteiger partial charge >= 0.3 is 6.18 Å². The first-order valence-electron chi connectivity index (χ1n) is 7.43. The Kier molecular flexibility index (Phi) is 5.12. The van der Waals surface area contributed by atoms with Gasteiger partial charge in [0.15, 0.2) is 5.78 Å². The summed E-state index contributed by atoms with van der Waals surface area (Å²) in [4.78, 5) is 25.1. The fourth-order valence-corrected chi connectivity index (χ4v) is 2.84. The van der Waals surface area contributed by atoms with E-state index in [0.29, 0.717) is 5.69 Å². The molecule has 1 aliphatic rings. The number of hydrogen-bond acceptors (Lipinski definition) is 5. The van der Waals surface area contributed by atoms with Crippen LogP contribution in [-0.4, -0.2) is 54.0 Å². The zero-order chi connectivity index (χ0) is 18.1. The molecule has 9 heteroatoms. The maximum atomic E-state index is 12.5. The zero-order valence-electron chi connectivity index (χ0n) is 13.3. The van der Waals surface area contributed by atoms with E-state index in [9.17, 15) is 28.1 Å². The average Bonchev–Trinajstić information content (AvgIpc) is 2.47. The highest BCUT2D eigenvalue weighted by molar-refractivity contribution is 5.95. The van der Waals surface area contributed by atoms with Crippen LogP contribution in [0.25, 0.3) is 0 Å². The van der Waals surface area contributed by atoms with Crippen molar-refractivity contribution in [3.63, 3.8) is 0 Å². The molecule has 0 bridgehead atoms. The number of Topliss-reactive ketones (excluding diaryl/α,β-unsaturated/α-hetero) is 1. The lowest BCUT2D eigenvalue weighted by atomic mass is 10.1. The minimum atomic E-state index is -4.27. The lowest BCUT2D eigenvalue weighted by Crippen LogP contribution is -2.54. The summed E-state index contributed by atoms with van der Waals surface area (Å²) in [6.07, 6.45) is -4.27. The zero-order valence-corrected chi connectivity index (χ0v) is 13.3. The summed E-state index contributed by atoms with van der Waals surface area (Å²) in [6.45, 7) is 2.64. The molecule has 0 saturated carbocycles. The van der Waals surface area contributed by atoms with Crippen LogP contribution in [0.1, 0.15) is 24.2 Å². The molecule has 1 unspecified atom stereocenters. The number of hydrogen-bond donors (Lipinski definition) is 0. The van der Waals surface area contributed by atoms with Gasteiger partial charge in [-0.15, -0.1) is 0 Å². The van der Waals surface area contributed by atoms with E-state index in [2.05, 4.69) is 0 Å². The molecule has 0 N–H and O–H groups in total. The van der Waals surface area contributed by atoms with Crippen LogP contribution >= 0.6 is 0 Å². The molecule has 0 spiro atoms. The smallest absolute Gasteiger partial charge is 0.363 e. The predicted molar refractivity (Wildman–Crippen MR) is 82.4 cm³/mol. The van der Waals surface area contributed by atoms with Crippen LogP contribution in [0.15, 0.2) is 18.2 Å². The number of nitro groups is 1. The molecule has 0 aromatic heterocycles. The van der Waals surface area contributed by atoms with Crippen LogP contribution in [0, 0.1) is 10.1 Å². The van der Waals surface area contributed by atoms with Crippen molar-refractivity contribution >= 4 is 17.2 Å². The Morgan fingerprint density at radius 1 is 1.38 bits per heavy atom. The Morgan fingerprint density at radius 3 is 2.54 bits per heavy atom. The fourth-order valence-electron chi connectivity index (χ4n) is 2.84. The van der Waals surface area contributed by atoms with E-state index >= 15 is 0 Å². The van der Waals surface area contributed by atoms with Crippen molar-refractivity contribution in [2.75, 3.05) is 31.1 Å². The molecule has 0 radical (unpaired) electrons. The Hall–Kier alpha value is -2.16. The van der Waals surface area contributed by atoms with Crippen LogP contribution in [-0.2, 0) is 0 Å². The fraction of sp³-hybridized carbons (Fsp3) is 0.533. The third-order valence-electron chi connectivity index (χ3n) is 4.07. The number of ketones is 1. The number of carbonyl (C=O) groups is 1. The maximum Gasteiger partial charge on any atom is 0.401 e. The van der Waals surface area contributed by atoms with E-state index < -0.39 is 23.7 Å². The van der Waals surface area contributed by atoms with Gasteiger partial charge < -0.3 is 4.90 Å². The first kappa shape index (κ1) is 18.2. The Morgan fingerprint density at radius 2 is 2.04 bits per heavy atom. The third-order valence-corrected chi connectivity index (χ3v) is 4.07. The number of nitro benzene ring substituents is 1. The minimum Gasteiger partial charge on any atom is -0.363 e. The second kappa shape index (κ2) is 6.76. The topological polar surface area (TPSA) is 66.7 Å². The van der Waals surface area contributed by atoms with Crippen molar-refractivity contribution in [2.24, 2.45) is 0 Å². The summed E-state index contributed by atoms with van der Waals surface area (Å²) in [5.74, 6) is -0.284. The van der Waals surface area contributed by atoms with Gasteiger partial charge in [0.2, 0.25) is 0 Å². The second-order valence-electron chi connectivity index (χ2n) is 5.90. The molecule has 24 heavy (non-hydrogen) atoms. The van der Waals surface area contributed by atoms with E-state index in [0.717, 1.165) is 0 Å². The minimum absolute atomic E-state index is 0.159. The normalized spacial score (nSPS) is 19.4. The van der Waals surface area contributed by atoms with E-state index in [-0.39, 0.29) is 36.7 Å². The number of nitrogens with zero attached hydrogens (tertiary/aromatic N) is 3. The molecular formula is C15H18F3N3O3. The SMILES string of the molecule is CC(=O)c1ccc(N2CCN(CC(F)(F)F)C(C)C2)c([N+](=O)[O-])c1. The van der Waals surface area contributed by atoms with E-state index in [4.69, 9.17) is 0 Å². The summed E-state index contributed by atoms with van der Waals surface area (Å²) >= 11 is 0. The average molecular weight is 345 g/mol. The van der Waals surface area contributed by atoms with Gasteiger partial charge in [0.05, 0.1) is 11.5 Å². The third kappa shape index (κ3) is 4.22. The van der Waals surface area contributed by atoms with Gasteiger partial charge in [-0.1, -0.05) is 0 Å². The largest absolute Gasteiger partial charge is 0.401 e. The van der Waals surface area contributed by atoms with Gasteiger partial charge in [0.25, 0.3) is 5.69 Å². The number of rotatable bonds is 4. The summed E-state index contributed by atoms with van der Waals surface area (Å²) in [6, 6.07) is 3.80. The van der Waals surface area contributed by atoms with Crippen LogP contribution in [0.4, 0.5) is 24.5 Å². The maximum absolute atomic E-state index is 12.5. The highest BCUT2D eigenvalue weighted by atomic mass is 19.4. The van der Waals surface area contributed by atoms with Crippen molar-refractivity contribution in [1.29, 1.82) is 0 Å². The standard InChI is InChI=1S/C15H18F3N3O3/c1-10-8-19(5-6-20(10)9-15(16,17)18)13-4-3-12(11(2)22)7-14(13)21(23)24/h3-4,7,10H,5-6,8-9H2,1-2H3. The van der Waals surface area contributed by atoms with E-state index in [1.54, 1.807) is 11.8 Å². The second-order valence-corrected chi connectivity index (χ2v) is 5.90. The number of alkyl halides is 3. The van der Waals surface area contributed by atoms with Crippen molar-refractivity contribution in [1.82, 2.24) is 4.90 Å². The summed E-state index contributed by atoms with van der Waals surface area (Å²) in [5, 5.41) is 11.3. The molecule has 1 atom stereocenters. The highest BCUT2D eigenvalue weighted by Gasteiger charge is 2.36. The van der Waals surface area contributed by atoms with Crippen LogP contribution < -0.4 is 4.90 Å². The van der Waals surface area contributed by atoms with Gasteiger partial charge in [-0.3, -0.25) is 19.8 Å². The Labute approximate surface area is 137 Å². The van der Waals surface area contributed by atoms with Gasteiger partial charge in [0.1, 0.15) is 5.69 Å². The monoisotopic (exact) mass is 345 g/mol. The lowest BCUT2D eigenvalue weighted by Gasteiger charge is -2.40. The highest BCUT2D eigenvalue weighted by Crippen LogP contribution is 2.31.